The molecule has 0 spiro atoms. The fourth-order valence-corrected chi connectivity index (χ4v) is 1.98. The number of hydrogen-bond acceptors (Lipinski definition) is 6. The molecule has 104 valence electrons. The molecule has 1 aromatic heterocycles. The molecule has 6 nitrogen and oxygen atoms in total. The molecular weight excluding hydrogens is 326 g/mol. The summed E-state index contributed by atoms with van der Waals surface area (Å²) in [5.74, 6) is 0.701. The largest absolute Gasteiger partial charge is 0.497 e. The molecule has 0 amide bonds. The van der Waals surface area contributed by atoms with Crippen LogP contribution >= 0.6 is 15.9 Å². The van der Waals surface area contributed by atoms with Crippen LogP contribution in [0.1, 0.15) is 10.5 Å². The molecular formula is C13H12BrN3O3. The lowest BCUT2D eigenvalue weighted by molar-refractivity contribution is 0.0593. The minimum Gasteiger partial charge on any atom is -0.497 e. The number of anilines is 2. The molecule has 2 rings (SSSR count). The summed E-state index contributed by atoms with van der Waals surface area (Å²) in [6, 6.07) is 5.54. The van der Waals surface area contributed by atoms with Crippen molar-refractivity contribution in [3.05, 3.63) is 40.8 Å². The average Bonchev–Trinajstić information content (AvgIpc) is 2.46. The van der Waals surface area contributed by atoms with Gasteiger partial charge in [0, 0.05) is 16.2 Å². The maximum absolute atomic E-state index is 11.2. The summed E-state index contributed by atoms with van der Waals surface area (Å²) in [6.45, 7) is 0. The van der Waals surface area contributed by atoms with Crippen molar-refractivity contribution in [3.8, 4) is 5.75 Å². The highest BCUT2D eigenvalue weighted by atomic mass is 79.9. The molecule has 0 unspecified atom stereocenters. The van der Waals surface area contributed by atoms with Crippen LogP contribution in [0.4, 0.5) is 11.5 Å². The van der Waals surface area contributed by atoms with Crippen molar-refractivity contribution in [2.45, 2.75) is 0 Å². The van der Waals surface area contributed by atoms with Crippen LogP contribution in [0.15, 0.2) is 35.1 Å². The van der Waals surface area contributed by atoms with Crippen LogP contribution in [0.25, 0.3) is 0 Å². The van der Waals surface area contributed by atoms with E-state index < -0.39 is 5.97 Å². The molecule has 1 N–H and O–H groups in total. The van der Waals surface area contributed by atoms with Crippen LogP contribution in [-0.4, -0.2) is 30.2 Å². The van der Waals surface area contributed by atoms with E-state index in [1.807, 2.05) is 18.2 Å². The highest BCUT2D eigenvalue weighted by Gasteiger charge is 2.07. The van der Waals surface area contributed by atoms with Crippen LogP contribution < -0.4 is 10.1 Å². The first-order chi connectivity index (χ1) is 9.62. The van der Waals surface area contributed by atoms with E-state index in [9.17, 15) is 4.79 Å². The number of benzene rings is 1. The number of nitrogens with one attached hydrogen (secondary N) is 1. The number of halogens is 1. The first kappa shape index (κ1) is 14.3. The molecule has 0 radical (unpaired) electrons. The lowest BCUT2D eigenvalue weighted by Gasteiger charge is -2.08. The predicted molar refractivity (Wildman–Crippen MR) is 77.3 cm³/mol. The number of rotatable bonds is 4. The smallest absolute Gasteiger partial charge is 0.358 e. The first-order valence-corrected chi connectivity index (χ1v) is 6.43. The highest BCUT2D eigenvalue weighted by molar-refractivity contribution is 9.10. The van der Waals surface area contributed by atoms with E-state index in [-0.39, 0.29) is 5.69 Å². The molecule has 0 saturated carbocycles. The Kier molecular flexibility index (Phi) is 4.52. The number of carbonyl (C=O) groups is 1. The van der Waals surface area contributed by atoms with Gasteiger partial charge in [0.1, 0.15) is 11.6 Å². The quantitative estimate of drug-likeness (QED) is 0.865. The van der Waals surface area contributed by atoms with Crippen molar-refractivity contribution >= 4 is 33.4 Å². The molecule has 2 aromatic rings. The Bertz CT molecular complexity index is 617. The normalized spacial score (nSPS) is 9.95. The molecule has 20 heavy (non-hydrogen) atoms. The van der Waals surface area contributed by atoms with Gasteiger partial charge in [0.25, 0.3) is 0 Å². The Balaban J connectivity index is 2.17. The minimum absolute atomic E-state index is 0.157. The number of hydrogen-bond donors (Lipinski definition) is 1. The maximum atomic E-state index is 11.2. The number of ether oxygens (including phenoxy) is 2. The standard InChI is InChI=1S/C13H12BrN3O3/c1-19-10-4-8(14)3-9(5-10)17-12-7-15-11(6-16-12)13(18)20-2/h3-7H,1-2H3,(H,16,17). The third-order valence-electron chi connectivity index (χ3n) is 2.43. The van der Waals surface area contributed by atoms with Gasteiger partial charge in [-0.15, -0.1) is 0 Å². The first-order valence-electron chi connectivity index (χ1n) is 5.64. The zero-order valence-corrected chi connectivity index (χ0v) is 12.5. The van der Waals surface area contributed by atoms with Crippen molar-refractivity contribution in [2.75, 3.05) is 19.5 Å². The van der Waals surface area contributed by atoms with Crippen LogP contribution in [0.2, 0.25) is 0 Å². The third kappa shape index (κ3) is 3.45. The summed E-state index contributed by atoms with van der Waals surface area (Å²) < 4.78 is 10.6. The Morgan fingerprint density at radius 3 is 2.60 bits per heavy atom. The molecule has 0 saturated heterocycles. The molecule has 0 bridgehead atoms. The Hall–Kier alpha value is -2.15. The van der Waals surface area contributed by atoms with Gasteiger partial charge in [0.15, 0.2) is 5.69 Å². The van der Waals surface area contributed by atoms with Crippen LogP contribution in [0.5, 0.6) is 5.75 Å². The predicted octanol–water partition coefficient (Wildman–Crippen LogP) is 2.78. The van der Waals surface area contributed by atoms with Crippen molar-refractivity contribution in [1.29, 1.82) is 0 Å². The van der Waals surface area contributed by atoms with E-state index in [2.05, 4.69) is 36.0 Å². The average molecular weight is 338 g/mol. The zero-order chi connectivity index (χ0) is 14.5. The monoisotopic (exact) mass is 337 g/mol. The summed E-state index contributed by atoms with van der Waals surface area (Å²) >= 11 is 3.39. The molecule has 1 aromatic carbocycles. The number of nitrogens with zero attached hydrogens (tertiary/aromatic N) is 2. The van der Waals surface area contributed by atoms with E-state index in [1.165, 1.54) is 19.5 Å². The fraction of sp³-hybridized carbons (Fsp3) is 0.154. The lowest BCUT2D eigenvalue weighted by atomic mass is 10.3. The Morgan fingerprint density at radius 2 is 2.00 bits per heavy atom. The van der Waals surface area contributed by atoms with E-state index in [4.69, 9.17) is 4.74 Å². The second kappa shape index (κ2) is 6.33. The fourth-order valence-electron chi connectivity index (χ4n) is 1.50. The second-order valence-electron chi connectivity index (χ2n) is 3.78. The van der Waals surface area contributed by atoms with Gasteiger partial charge in [0.2, 0.25) is 0 Å². The van der Waals surface area contributed by atoms with E-state index in [0.29, 0.717) is 11.6 Å². The molecule has 0 atom stereocenters. The van der Waals surface area contributed by atoms with Gasteiger partial charge >= 0.3 is 5.97 Å². The van der Waals surface area contributed by atoms with Gasteiger partial charge < -0.3 is 14.8 Å². The highest BCUT2D eigenvalue weighted by Crippen LogP contribution is 2.26. The molecule has 7 heteroatoms. The van der Waals surface area contributed by atoms with Crippen LogP contribution in [-0.2, 0) is 4.74 Å². The summed E-state index contributed by atoms with van der Waals surface area (Å²) in [4.78, 5) is 19.3. The second-order valence-corrected chi connectivity index (χ2v) is 4.70. The van der Waals surface area contributed by atoms with Gasteiger partial charge in [-0.25, -0.2) is 14.8 Å². The zero-order valence-electron chi connectivity index (χ0n) is 10.9. The van der Waals surface area contributed by atoms with E-state index in [1.54, 1.807) is 7.11 Å². The van der Waals surface area contributed by atoms with Gasteiger partial charge in [-0.2, -0.15) is 0 Å². The molecule has 0 fully saturated rings. The van der Waals surface area contributed by atoms with Gasteiger partial charge in [-0.1, -0.05) is 15.9 Å². The number of methoxy groups -OCH3 is 2. The topological polar surface area (TPSA) is 73.3 Å². The molecule has 1 heterocycles. The van der Waals surface area contributed by atoms with Gasteiger partial charge in [-0.3, -0.25) is 0 Å². The Labute approximate surface area is 124 Å². The number of aromatic nitrogens is 2. The van der Waals surface area contributed by atoms with Crippen molar-refractivity contribution in [2.24, 2.45) is 0 Å². The third-order valence-corrected chi connectivity index (χ3v) is 2.88. The minimum atomic E-state index is -0.520. The summed E-state index contributed by atoms with van der Waals surface area (Å²) in [6.07, 6.45) is 2.81. The Morgan fingerprint density at radius 1 is 1.20 bits per heavy atom. The lowest BCUT2D eigenvalue weighted by Crippen LogP contribution is -2.05. The van der Waals surface area contributed by atoms with Gasteiger partial charge in [-0.05, 0) is 12.1 Å². The van der Waals surface area contributed by atoms with Crippen molar-refractivity contribution in [1.82, 2.24) is 9.97 Å². The summed E-state index contributed by atoms with van der Waals surface area (Å²) in [7, 11) is 2.89. The SMILES string of the molecule is COC(=O)c1cnc(Nc2cc(Br)cc(OC)c2)cn1. The van der Waals surface area contributed by atoms with Crippen molar-refractivity contribution < 1.29 is 14.3 Å². The van der Waals surface area contributed by atoms with E-state index >= 15 is 0 Å². The van der Waals surface area contributed by atoms with Crippen LogP contribution in [0.3, 0.4) is 0 Å². The summed E-state index contributed by atoms with van der Waals surface area (Å²) in [5, 5.41) is 3.07. The number of carbonyl (C=O) groups excluding carboxylic acids is 1. The molecule has 0 aliphatic rings. The van der Waals surface area contributed by atoms with Crippen molar-refractivity contribution in [3.63, 3.8) is 0 Å². The summed E-state index contributed by atoms with van der Waals surface area (Å²) in [5.41, 5.74) is 0.946. The molecule has 0 aliphatic heterocycles. The molecule has 0 aliphatic carbocycles. The van der Waals surface area contributed by atoms with Gasteiger partial charge in [0.05, 0.1) is 26.6 Å². The number of esters is 1. The maximum Gasteiger partial charge on any atom is 0.358 e. The van der Waals surface area contributed by atoms with E-state index in [0.717, 1.165) is 10.2 Å². The van der Waals surface area contributed by atoms with Crippen LogP contribution in [0, 0.1) is 0 Å².